The number of hydrogen-bond donors (Lipinski definition) is 0. The van der Waals surface area contributed by atoms with Crippen molar-refractivity contribution in [3.8, 4) is 0 Å². The van der Waals surface area contributed by atoms with Crippen LogP contribution in [0.25, 0.3) is 5.57 Å². The quantitative estimate of drug-likeness (QED) is 0.855. The van der Waals surface area contributed by atoms with Crippen LogP contribution in [-0.4, -0.2) is 47.8 Å². The Morgan fingerprint density at radius 3 is 2.70 bits per heavy atom. The molecule has 3 rings (SSSR count). The maximum absolute atomic E-state index is 12.2. The Bertz CT molecular complexity index is 594. The second-order valence-corrected chi connectivity index (χ2v) is 6.76. The van der Waals surface area contributed by atoms with Crippen LogP contribution in [0.2, 0.25) is 0 Å². The van der Waals surface area contributed by atoms with Gasteiger partial charge < -0.3 is 10.3 Å². The highest BCUT2D eigenvalue weighted by Gasteiger charge is 2.35. The number of rotatable bonds is 4. The third-order valence-electron chi connectivity index (χ3n) is 5.06. The van der Waals surface area contributed by atoms with Crippen molar-refractivity contribution in [3.63, 3.8) is 0 Å². The van der Waals surface area contributed by atoms with E-state index in [1.54, 1.807) is 0 Å². The molecule has 0 spiro atoms. The summed E-state index contributed by atoms with van der Waals surface area (Å²) in [6, 6.07) is 4.18. The average molecular weight is 315 g/mol. The van der Waals surface area contributed by atoms with Gasteiger partial charge in [-0.3, -0.25) is 5.01 Å². The smallest absolute Gasteiger partial charge is 0.150 e. The minimum Gasteiger partial charge on any atom is -0.785 e. The van der Waals surface area contributed by atoms with Crippen LogP contribution in [0.1, 0.15) is 33.3 Å². The predicted molar refractivity (Wildman–Crippen MR) is 94.7 cm³/mol. The Labute approximate surface area is 139 Å². The fraction of sp³-hybridized carbons (Fsp3) is 0.611. The Morgan fingerprint density at radius 2 is 2.04 bits per heavy atom. The molecule has 0 saturated heterocycles. The van der Waals surface area contributed by atoms with Gasteiger partial charge in [0.1, 0.15) is 0 Å². The van der Waals surface area contributed by atoms with Crippen molar-refractivity contribution in [3.05, 3.63) is 34.7 Å². The molecule has 2 aliphatic heterocycles. The molecular formula is C18H27N4O-. The summed E-state index contributed by atoms with van der Waals surface area (Å²) in [6.07, 6.45) is 1.87. The highest BCUT2D eigenvalue weighted by Crippen LogP contribution is 2.43. The van der Waals surface area contributed by atoms with Crippen LogP contribution in [0.4, 0.5) is 5.82 Å². The van der Waals surface area contributed by atoms with E-state index >= 15 is 0 Å². The number of fused-ring (bicyclic) bond motifs is 2. The van der Waals surface area contributed by atoms with Gasteiger partial charge in [0.25, 0.3) is 0 Å². The van der Waals surface area contributed by atoms with Crippen LogP contribution >= 0.6 is 0 Å². The molecule has 0 N–H and O–H groups in total. The molecule has 0 aliphatic carbocycles. The molecule has 1 unspecified atom stereocenters. The zero-order valence-corrected chi connectivity index (χ0v) is 14.6. The van der Waals surface area contributed by atoms with Crippen LogP contribution in [-0.2, 0) is 0 Å². The van der Waals surface area contributed by atoms with Gasteiger partial charge in [-0.05, 0) is 41.7 Å². The standard InChI is InChI=1S/C18H27N4O/c1-5-20(6-2)22-11-14-10-21(23)12-16(13(3)4)17(14)15-8-7-9-19-18(15)22/h7-9,13,16H,5-6,10-12H2,1-4H3/q-1. The van der Waals surface area contributed by atoms with E-state index in [-0.39, 0.29) is 5.92 Å². The van der Waals surface area contributed by atoms with E-state index in [9.17, 15) is 5.21 Å². The number of hydrazine groups is 1. The van der Waals surface area contributed by atoms with Gasteiger partial charge in [-0.25, -0.2) is 9.99 Å². The van der Waals surface area contributed by atoms with Crippen LogP contribution in [0.15, 0.2) is 23.9 Å². The minimum atomic E-state index is 0.290. The topological polar surface area (TPSA) is 45.7 Å². The van der Waals surface area contributed by atoms with Crippen LogP contribution in [0.3, 0.4) is 0 Å². The van der Waals surface area contributed by atoms with Gasteiger partial charge in [-0.2, -0.15) is 0 Å². The van der Waals surface area contributed by atoms with Crippen molar-refractivity contribution >= 4 is 11.4 Å². The van der Waals surface area contributed by atoms with E-state index in [2.05, 4.69) is 48.8 Å². The lowest BCUT2D eigenvalue weighted by Crippen LogP contribution is -2.49. The molecule has 0 fully saturated rings. The van der Waals surface area contributed by atoms with Crippen LogP contribution < -0.4 is 5.01 Å². The highest BCUT2D eigenvalue weighted by atomic mass is 16.5. The van der Waals surface area contributed by atoms with E-state index in [0.717, 1.165) is 25.5 Å². The van der Waals surface area contributed by atoms with Gasteiger partial charge in [0.15, 0.2) is 5.82 Å². The summed E-state index contributed by atoms with van der Waals surface area (Å²) >= 11 is 0. The first kappa shape index (κ1) is 16.4. The lowest BCUT2D eigenvalue weighted by molar-refractivity contribution is 0.261. The first-order valence-electron chi connectivity index (χ1n) is 8.68. The fourth-order valence-corrected chi connectivity index (χ4v) is 3.87. The Hall–Kier alpha value is -1.43. The second kappa shape index (κ2) is 6.59. The van der Waals surface area contributed by atoms with Crippen molar-refractivity contribution in [2.45, 2.75) is 27.7 Å². The summed E-state index contributed by atoms with van der Waals surface area (Å²) in [5, 5.41) is 18.0. The fourth-order valence-electron chi connectivity index (χ4n) is 3.87. The van der Waals surface area contributed by atoms with Crippen molar-refractivity contribution in [2.75, 3.05) is 37.7 Å². The maximum atomic E-state index is 12.2. The molecule has 0 saturated carbocycles. The van der Waals surface area contributed by atoms with Gasteiger partial charge in [0.2, 0.25) is 0 Å². The van der Waals surface area contributed by atoms with Gasteiger partial charge >= 0.3 is 0 Å². The van der Waals surface area contributed by atoms with E-state index < -0.39 is 0 Å². The zero-order chi connectivity index (χ0) is 16.6. The number of aromatic nitrogens is 1. The molecule has 3 heterocycles. The molecule has 1 aromatic rings. The highest BCUT2D eigenvalue weighted by molar-refractivity contribution is 5.82. The van der Waals surface area contributed by atoms with E-state index in [1.807, 2.05) is 12.3 Å². The zero-order valence-electron chi connectivity index (χ0n) is 14.6. The molecule has 2 aliphatic rings. The van der Waals surface area contributed by atoms with Crippen LogP contribution in [0.5, 0.6) is 0 Å². The lowest BCUT2D eigenvalue weighted by Gasteiger charge is -2.48. The van der Waals surface area contributed by atoms with Crippen molar-refractivity contribution < 1.29 is 0 Å². The van der Waals surface area contributed by atoms with Crippen molar-refractivity contribution in [1.29, 1.82) is 0 Å². The Balaban J connectivity index is 2.11. The maximum Gasteiger partial charge on any atom is 0.150 e. The SMILES string of the molecule is CCN(CC)N1CC2=C(c3cccnc31)C(C(C)C)CN([O-])C2. The molecule has 1 atom stereocenters. The van der Waals surface area contributed by atoms with Crippen molar-refractivity contribution in [1.82, 2.24) is 15.1 Å². The summed E-state index contributed by atoms with van der Waals surface area (Å²) in [5.41, 5.74) is 3.85. The molecule has 5 nitrogen and oxygen atoms in total. The molecule has 23 heavy (non-hydrogen) atoms. The van der Waals surface area contributed by atoms with Gasteiger partial charge in [-0.15, -0.1) is 0 Å². The third kappa shape index (κ3) is 2.89. The molecule has 0 aromatic carbocycles. The van der Waals surface area contributed by atoms with Crippen molar-refractivity contribution in [2.24, 2.45) is 11.8 Å². The second-order valence-electron chi connectivity index (χ2n) is 6.76. The summed E-state index contributed by atoms with van der Waals surface area (Å²) in [5.74, 6) is 1.78. The van der Waals surface area contributed by atoms with E-state index in [1.165, 1.54) is 21.8 Å². The lowest BCUT2D eigenvalue weighted by atomic mass is 9.78. The predicted octanol–water partition coefficient (Wildman–Crippen LogP) is 3.00. The molecule has 5 heteroatoms. The normalized spacial score (nSPS) is 21.9. The summed E-state index contributed by atoms with van der Waals surface area (Å²) in [4.78, 5) is 4.68. The number of anilines is 1. The molecule has 0 bridgehead atoms. The largest absolute Gasteiger partial charge is 0.785 e. The third-order valence-corrected chi connectivity index (χ3v) is 5.06. The Morgan fingerprint density at radius 1 is 1.30 bits per heavy atom. The molecule has 0 amide bonds. The average Bonchev–Trinajstić information content (AvgIpc) is 2.54. The number of hydroxylamine groups is 2. The van der Waals surface area contributed by atoms with Gasteiger partial charge in [0.05, 0.1) is 6.54 Å². The molecular weight excluding hydrogens is 288 g/mol. The summed E-state index contributed by atoms with van der Waals surface area (Å²) in [7, 11) is 0. The molecule has 1 aromatic heterocycles. The number of hydrogen-bond acceptors (Lipinski definition) is 5. The van der Waals surface area contributed by atoms with Gasteiger partial charge in [-0.1, -0.05) is 27.7 Å². The Kier molecular flexibility index (Phi) is 4.71. The van der Waals surface area contributed by atoms with Crippen LogP contribution in [0, 0.1) is 17.0 Å². The first-order valence-corrected chi connectivity index (χ1v) is 8.68. The number of pyridine rings is 1. The molecule has 0 radical (unpaired) electrons. The molecule has 126 valence electrons. The first-order chi connectivity index (χ1) is 11.1. The monoisotopic (exact) mass is 315 g/mol. The van der Waals surface area contributed by atoms with E-state index in [4.69, 9.17) is 0 Å². The summed E-state index contributed by atoms with van der Waals surface area (Å²) < 4.78 is 0. The minimum absolute atomic E-state index is 0.290. The van der Waals surface area contributed by atoms with Gasteiger partial charge in [0, 0.05) is 31.4 Å². The van der Waals surface area contributed by atoms with E-state index in [0.29, 0.717) is 19.0 Å². The number of nitrogens with zero attached hydrogens (tertiary/aromatic N) is 4. The summed E-state index contributed by atoms with van der Waals surface area (Å²) in [6.45, 7) is 12.5.